The van der Waals surface area contributed by atoms with E-state index in [2.05, 4.69) is 10.6 Å². The van der Waals surface area contributed by atoms with Gasteiger partial charge in [-0.3, -0.25) is 14.4 Å². The van der Waals surface area contributed by atoms with Gasteiger partial charge in [0.05, 0.1) is 6.26 Å². The van der Waals surface area contributed by atoms with Gasteiger partial charge in [0.25, 0.3) is 11.8 Å². The van der Waals surface area contributed by atoms with E-state index in [4.69, 9.17) is 9.15 Å². The molecule has 4 rings (SSSR count). The van der Waals surface area contributed by atoms with Crippen LogP contribution in [0.2, 0.25) is 0 Å². The summed E-state index contributed by atoms with van der Waals surface area (Å²) in [5.74, 6) is -1.71. The molecule has 2 aromatic carbocycles. The minimum absolute atomic E-state index is 0.123. The van der Waals surface area contributed by atoms with E-state index in [1.807, 2.05) is 24.3 Å². The maximum absolute atomic E-state index is 13.0. The number of anilines is 2. The number of amides is 3. The Morgan fingerprint density at radius 3 is 2.26 bits per heavy atom. The van der Waals surface area contributed by atoms with Crippen LogP contribution in [-0.2, 0) is 32.1 Å². The van der Waals surface area contributed by atoms with Crippen LogP contribution in [0, 0.1) is 0 Å². The van der Waals surface area contributed by atoms with Gasteiger partial charge in [0.15, 0.2) is 12.4 Å². The van der Waals surface area contributed by atoms with Gasteiger partial charge in [0.1, 0.15) is 6.04 Å². The highest BCUT2D eigenvalue weighted by Crippen LogP contribution is 2.26. The first kappa shape index (κ1) is 22.8. The summed E-state index contributed by atoms with van der Waals surface area (Å²) in [4.78, 5) is 50.7. The molecule has 34 heavy (non-hydrogen) atoms. The van der Waals surface area contributed by atoms with Gasteiger partial charge in [-0.15, -0.1) is 0 Å². The first-order valence-corrected chi connectivity index (χ1v) is 10.7. The Bertz CT molecular complexity index is 1200. The molecule has 3 aromatic rings. The molecule has 174 valence electrons. The Labute approximate surface area is 195 Å². The third-order valence-electron chi connectivity index (χ3n) is 5.35. The Kier molecular flexibility index (Phi) is 6.72. The van der Waals surface area contributed by atoms with E-state index in [1.165, 1.54) is 24.2 Å². The minimum Gasteiger partial charge on any atom is -0.459 e. The van der Waals surface area contributed by atoms with Crippen molar-refractivity contribution in [2.75, 3.05) is 17.2 Å². The van der Waals surface area contributed by atoms with E-state index in [-0.39, 0.29) is 24.6 Å². The molecule has 0 saturated carbocycles. The normalized spacial score (nSPS) is 14.6. The number of fused-ring (bicyclic) bond motifs is 1. The molecular weight excluding hydrogens is 438 g/mol. The number of carbonyl (C=O) groups excluding carboxylic acids is 4. The lowest BCUT2D eigenvalue weighted by atomic mass is 9.93. The number of hydrogen-bond donors (Lipinski definition) is 2. The summed E-state index contributed by atoms with van der Waals surface area (Å²) >= 11 is 0. The predicted octanol–water partition coefficient (Wildman–Crippen LogP) is 2.99. The maximum Gasteiger partial charge on any atom is 0.329 e. The number of furan rings is 1. The first-order chi connectivity index (χ1) is 16.4. The van der Waals surface area contributed by atoms with Crippen molar-refractivity contribution in [2.24, 2.45) is 0 Å². The number of ether oxygens (including phenoxy) is 1. The van der Waals surface area contributed by atoms with Crippen LogP contribution in [0.5, 0.6) is 0 Å². The van der Waals surface area contributed by atoms with E-state index in [9.17, 15) is 19.2 Å². The minimum atomic E-state index is -0.891. The molecule has 0 aliphatic carbocycles. The summed E-state index contributed by atoms with van der Waals surface area (Å²) in [5.41, 5.74) is 2.95. The SMILES string of the molecule is CC(=O)Nc1ccc(NC(=O)COC(=O)C2Cc3ccccc3CN2C(=O)c2ccco2)cc1. The number of benzene rings is 2. The molecule has 0 bridgehead atoms. The topological polar surface area (TPSA) is 118 Å². The second kappa shape index (κ2) is 10.0. The molecule has 2 heterocycles. The largest absolute Gasteiger partial charge is 0.459 e. The van der Waals surface area contributed by atoms with E-state index in [0.29, 0.717) is 11.4 Å². The molecule has 0 spiro atoms. The van der Waals surface area contributed by atoms with Crippen molar-refractivity contribution in [1.29, 1.82) is 0 Å². The van der Waals surface area contributed by atoms with Crippen LogP contribution in [0.25, 0.3) is 0 Å². The highest BCUT2D eigenvalue weighted by Gasteiger charge is 2.37. The fourth-order valence-corrected chi connectivity index (χ4v) is 3.76. The fraction of sp³-hybridized carbons (Fsp3) is 0.200. The van der Waals surface area contributed by atoms with Gasteiger partial charge in [-0.25, -0.2) is 4.79 Å². The van der Waals surface area contributed by atoms with Crippen molar-refractivity contribution in [1.82, 2.24) is 4.90 Å². The van der Waals surface area contributed by atoms with Crippen molar-refractivity contribution in [3.63, 3.8) is 0 Å². The first-order valence-electron chi connectivity index (χ1n) is 10.7. The third-order valence-corrected chi connectivity index (χ3v) is 5.35. The molecule has 0 saturated heterocycles. The zero-order valence-corrected chi connectivity index (χ0v) is 18.4. The van der Waals surface area contributed by atoms with E-state index in [0.717, 1.165) is 11.1 Å². The zero-order chi connectivity index (χ0) is 24.1. The van der Waals surface area contributed by atoms with Crippen LogP contribution >= 0.6 is 0 Å². The second-order valence-electron chi connectivity index (χ2n) is 7.81. The Morgan fingerprint density at radius 1 is 0.941 bits per heavy atom. The summed E-state index contributed by atoms with van der Waals surface area (Å²) in [6.07, 6.45) is 1.67. The molecule has 0 fully saturated rings. The molecule has 9 nitrogen and oxygen atoms in total. The third kappa shape index (κ3) is 5.32. The van der Waals surface area contributed by atoms with Gasteiger partial charge < -0.3 is 24.7 Å². The van der Waals surface area contributed by atoms with Gasteiger partial charge >= 0.3 is 5.97 Å². The number of nitrogens with one attached hydrogen (secondary N) is 2. The van der Waals surface area contributed by atoms with Gasteiger partial charge in [-0.05, 0) is 47.5 Å². The van der Waals surface area contributed by atoms with Crippen LogP contribution < -0.4 is 10.6 Å². The average Bonchev–Trinajstić information content (AvgIpc) is 3.37. The molecule has 1 aliphatic heterocycles. The molecule has 2 N–H and O–H groups in total. The molecule has 1 aliphatic rings. The lowest BCUT2D eigenvalue weighted by Gasteiger charge is -2.34. The van der Waals surface area contributed by atoms with E-state index in [1.54, 1.807) is 30.3 Å². The van der Waals surface area contributed by atoms with Crippen molar-refractivity contribution < 1.29 is 28.3 Å². The van der Waals surface area contributed by atoms with Crippen molar-refractivity contribution >= 4 is 35.1 Å². The molecular formula is C25H23N3O6. The Morgan fingerprint density at radius 2 is 1.62 bits per heavy atom. The lowest BCUT2D eigenvalue weighted by Crippen LogP contribution is -2.49. The van der Waals surface area contributed by atoms with Crippen LogP contribution in [-0.4, -0.2) is 41.2 Å². The molecule has 3 amide bonds. The van der Waals surface area contributed by atoms with Crippen LogP contribution in [0.4, 0.5) is 11.4 Å². The summed E-state index contributed by atoms with van der Waals surface area (Å²) in [6, 6.07) is 16.3. The summed E-state index contributed by atoms with van der Waals surface area (Å²) in [7, 11) is 0. The molecule has 1 atom stereocenters. The molecule has 1 unspecified atom stereocenters. The smallest absolute Gasteiger partial charge is 0.329 e. The van der Waals surface area contributed by atoms with Crippen molar-refractivity contribution in [3.8, 4) is 0 Å². The van der Waals surface area contributed by atoms with Crippen LogP contribution in [0.3, 0.4) is 0 Å². The van der Waals surface area contributed by atoms with Gasteiger partial charge in [0, 0.05) is 31.3 Å². The number of esters is 1. The van der Waals surface area contributed by atoms with Crippen molar-refractivity contribution in [3.05, 3.63) is 83.8 Å². The standard InChI is InChI=1S/C25H23N3O6/c1-16(29)26-19-8-10-20(11-9-19)27-23(30)15-34-25(32)21-13-17-5-2-3-6-18(17)14-28(21)24(31)22-7-4-12-33-22/h2-12,21H,13-15H2,1H3,(H,26,29)(H,27,30). The quantitative estimate of drug-likeness (QED) is 0.545. The monoisotopic (exact) mass is 461 g/mol. The van der Waals surface area contributed by atoms with E-state index < -0.39 is 30.4 Å². The number of hydrogen-bond acceptors (Lipinski definition) is 6. The van der Waals surface area contributed by atoms with Crippen LogP contribution in [0.15, 0.2) is 71.3 Å². The summed E-state index contributed by atoms with van der Waals surface area (Å²) in [5, 5.41) is 5.26. The Balaban J connectivity index is 1.40. The van der Waals surface area contributed by atoms with Crippen molar-refractivity contribution in [2.45, 2.75) is 25.9 Å². The van der Waals surface area contributed by atoms with E-state index >= 15 is 0 Å². The molecule has 0 radical (unpaired) electrons. The van der Waals surface area contributed by atoms with Gasteiger partial charge in [-0.1, -0.05) is 24.3 Å². The highest BCUT2D eigenvalue weighted by molar-refractivity contribution is 5.96. The zero-order valence-electron chi connectivity index (χ0n) is 18.4. The fourth-order valence-electron chi connectivity index (χ4n) is 3.76. The number of rotatable bonds is 6. The van der Waals surface area contributed by atoms with Gasteiger partial charge in [0.2, 0.25) is 5.91 Å². The lowest BCUT2D eigenvalue weighted by molar-refractivity contribution is -0.152. The maximum atomic E-state index is 13.0. The second-order valence-corrected chi connectivity index (χ2v) is 7.81. The Hall–Kier alpha value is -4.40. The highest BCUT2D eigenvalue weighted by atomic mass is 16.5. The van der Waals surface area contributed by atoms with Crippen LogP contribution in [0.1, 0.15) is 28.6 Å². The average molecular weight is 461 g/mol. The van der Waals surface area contributed by atoms with Gasteiger partial charge in [-0.2, -0.15) is 0 Å². The number of carbonyl (C=O) groups is 4. The summed E-state index contributed by atoms with van der Waals surface area (Å²) in [6.45, 7) is 1.12. The molecule has 1 aromatic heterocycles. The number of nitrogens with zero attached hydrogens (tertiary/aromatic N) is 1. The predicted molar refractivity (Wildman–Crippen MR) is 123 cm³/mol. The molecule has 9 heteroatoms. The summed E-state index contributed by atoms with van der Waals surface area (Å²) < 4.78 is 10.5.